The minimum absolute atomic E-state index is 0.0572. The van der Waals surface area contributed by atoms with Gasteiger partial charge in [-0.15, -0.1) is 0 Å². The van der Waals surface area contributed by atoms with E-state index in [0.717, 1.165) is 19.3 Å². The lowest BCUT2D eigenvalue weighted by Gasteiger charge is -2.12. The van der Waals surface area contributed by atoms with Crippen molar-refractivity contribution >= 4 is 81.2 Å². The average molecular weight is 533 g/mol. The SMILES string of the molecule is ClC(Cl)=CCOc1cc(Cl)c(OCCCCC=CNOCC(Cl)(Cl)Cl)c(Cl)c1. The standard InChI is InChI=1S/C17H18Cl7NO3/c18-13-9-12(26-8-5-15(20)21)10-14(19)16(13)27-7-4-2-1-3-6-25-28-11-17(22,23)24/h3,5-6,9-10,25H,1-2,4,7-8,11H2. The fourth-order valence-electron chi connectivity index (χ4n) is 1.80. The van der Waals surface area contributed by atoms with Crippen molar-refractivity contribution in [3.05, 3.63) is 45.0 Å². The molecule has 0 aliphatic rings. The zero-order chi connectivity index (χ0) is 21.0. The van der Waals surface area contributed by atoms with Gasteiger partial charge in [0.15, 0.2) is 5.75 Å². The molecule has 0 aromatic heterocycles. The number of hydroxylamine groups is 1. The molecule has 0 saturated carbocycles. The van der Waals surface area contributed by atoms with E-state index < -0.39 is 3.79 Å². The van der Waals surface area contributed by atoms with E-state index in [0.29, 0.717) is 28.2 Å². The van der Waals surface area contributed by atoms with Crippen molar-refractivity contribution in [2.75, 3.05) is 19.8 Å². The summed E-state index contributed by atoms with van der Waals surface area (Å²) in [7, 11) is 0. The molecule has 0 amide bonds. The lowest BCUT2D eigenvalue weighted by atomic mass is 10.2. The molecule has 28 heavy (non-hydrogen) atoms. The lowest BCUT2D eigenvalue weighted by molar-refractivity contribution is 0.0752. The first kappa shape index (κ1) is 26.1. The minimum atomic E-state index is -1.44. The Morgan fingerprint density at radius 3 is 2.32 bits per heavy atom. The first-order valence-corrected chi connectivity index (χ1v) is 10.7. The smallest absolute Gasteiger partial charge is 0.216 e. The molecule has 0 unspecified atom stereocenters. The van der Waals surface area contributed by atoms with E-state index >= 15 is 0 Å². The number of allylic oxidation sites excluding steroid dienone is 1. The molecule has 0 saturated heterocycles. The van der Waals surface area contributed by atoms with Gasteiger partial charge in [0, 0.05) is 18.3 Å². The molecule has 1 aromatic carbocycles. The number of alkyl halides is 3. The maximum atomic E-state index is 6.20. The first-order valence-electron chi connectivity index (χ1n) is 8.04. The van der Waals surface area contributed by atoms with Crippen LogP contribution in [0.3, 0.4) is 0 Å². The Labute approximate surface area is 199 Å². The monoisotopic (exact) mass is 529 g/mol. The Balaban J connectivity index is 2.27. The topological polar surface area (TPSA) is 39.7 Å². The largest absolute Gasteiger partial charge is 0.490 e. The van der Waals surface area contributed by atoms with E-state index in [1.165, 1.54) is 6.08 Å². The number of ether oxygens (including phenoxy) is 2. The summed E-state index contributed by atoms with van der Waals surface area (Å²) >= 11 is 40.0. The summed E-state index contributed by atoms with van der Waals surface area (Å²) in [5.74, 6) is 0.904. The van der Waals surface area contributed by atoms with Crippen LogP contribution in [0.15, 0.2) is 35.0 Å². The maximum Gasteiger partial charge on any atom is 0.216 e. The highest BCUT2D eigenvalue weighted by molar-refractivity contribution is 6.67. The van der Waals surface area contributed by atoms with Crippen LogP contribution in [-0.2, 0) is 4.84 Å². The van der Waals surface area contributed by atoms with Crippen molar-refractivity contribution in [3.63, 3.8) is 0 Å². The summed E-state index contributed by atoms with van der Waals surface area (Å²) in [5, 5.41) is 0.720. The van der Waals surface area contributed by atoms with Gasteiger partial charge in [0.05, 0.1) is 16.7 Å². The molecule has 1 N–H and O–H groups in total. The Kier molecular flexibility index (Phi) is 13.2. The highest BCUT2D eigenvalue weighted by atomic mass is 35.6. The molecule has 0 fully saturated rings. The van der Waals surface area contributed by atoms with Crippen LogP contribution in [-0.4, -0.2) is 23.6 Å². The quantitative estimate of drug-likeness (QED) is 0.171. The minimum Gasteiger partial charge on any atom is -0.490 e. The van der Waals surface area contributed by atoms with Crippen molar-refractivity contribution in [3.8, 4) is 11.5 Å². The van der Waals surface area contributed by atoms with Crippen molar-refractivity contribution in [2.24, 2.45) is 0 Å². The second-order valence-corrected chi connectivity index (χ2v) is 9.63. The summed E-state index contributed by atoms with van der Waals surface area (Å²) in [5.41, 5.74) is 2.57. The molecule has 158 valence electrons. The van der Waals surface area contributed by atoms with Crippen molar-refractivity contribution in [1.29, 1.82) is 0 Å². The molecule has 1 aromatic rings. The fraction of sp³-hybridized carbons (Fsp3) is 0.412. The molecule has 11 heteroatoms. The third-order valence-electron chi connectivity index (χ3n) is 2.98. The predicted molar refractivity (Wildman–Crippen MR) is 120 cm³/mol. The molecule has 4 nitrogen and oxygen atoms in total. The van der Waals surface area contributed by atoms with Gasteiger partial charge in [-0.05, 0) is 25.3 Å². The number of nitrogens with one attached hydrogen (secondary N) is 1. The van der Waals surface area contributed by atoms with Gasteiger partial charge in [-0.3, -0.25) is 10.3 Å². The fourth-order valence-corrected chi connectivity index (χ4v) is 2.67. The summed E-state index contributed by atoms with van der Waals surface area (Å²) in [6.07, 6.45) is 7.56. The van der Waals surface area contributed by atoms with E-state index in [2.05, 4.69) is 5.48 Å². The molecule has 1 rings (SSSR count). The zero-order valence-corrected chi connectivity index (χ0v) is 19.8. The van der Waals surface area contributed by atoms with Crippen LogP contribution in [0.4, 0.5) is 0 Å². The normalized spacial score (nSPS) is 11.5. The molecule has 0 aliphatic carbocycles. The van der Waals surface area contributed by atoms with E-state index in [-0.39, 0.29) is 17.7 Å². The summed E-state index contributed by atoms with van der Waals surface area (Å²) in [4.78, 5) is 4.94. The van der Waals surface area contributed by atoms with E-state index in [9.17, 15) is 0 Å². The molecule has 0 spiro atoms. The third-order valence-corrected chi connectivity index (χ3v) is 4.17. The zero-order valence-electron chi connectivity index (χ0n) is 14.5. The van der Waals surface area contributed by atoms with Crippen LogP contribution in [0.2, 0.25) is 10.0 Å². The van der Waals surface area contributed by atoms with Crippen LogP contribution in [0.1, 0.15) is 19.3 Å². The van der Waals surface area contributed by atoms with Gasteiger partial charge in [-0.25, -0.2) is 0 Å². The number of hydrogen-bond acceptors (Lipinski definition) is 4. The van der Waals surface area contributed by atoms with Gasteiger partial charge in [-0.1, -0.05) is 87.3 Å². The molecule has 0 aliphatic heterocycles. The van der Waals surface area contributed by atoms with Gasteiger partial charge in [0.1, 0.15) is 23.5 Å². The van der Waals surface area contributed by atoms with Crippen LogP contribution >= 0.6 is 81.2 Å². The number of halogens is 7. The Morgan fingerprint density at radius 1 is 1.04 bits per heavy atom. The molecule has 0 bridgehead atoms. The van der Waals surface area contributed by atoms with Crippen LogP contribution in [0.25, 0.3) is 0 Å². The van der Waals surface area contributed by atoms with E-state index in [1.807, 2.05) is 6.08 Å². The lowest BCUT2D eigenvalue weighted by Crippen LogP contribution is -2.18. The van der Waals surface area contributed by atoms with Gasteiger partial charge in [0.25, 0.3) is 0 Å². The number of rotatable bonds is 12. The summed E-state index contributed by atoms with van der Waals surface area (Å²) in [6, 6.07) is 3.23. The number of unbranched alkanes of at least 4 members (excludes halogenated alkanes) is 2. The molecular weight excluding hydrogens is 514 g/mol. The molecular formula is C17H18Cl7NO3. The molecule has 0 heterocycles. The Bertz CT molecular complexity index is 636. The third kappa shape index (κ3) is 12.6. The van der Waals surface area contributed by atoms with E-state index in [4.69, 9.17) is 95.5 Å². The van der Waals surface area contributed by atoms with Crippen LogP contribution in [0.5, 0.6) is 11.5 Å². The highest BCUT2D eigenvalue weighted by Gasteiger charge is 2.19. The summed E-state index contributed by atoms with van der Waals surface area (Å²) < 4.78 is 9.78. The second kappa shape index (κ2) is 14.2. The van der Waals surface area contributed by atoms with Crippen molar-refractivity contribution in [1.82, 2.24) is 5.48 Å². The van der Waals surface area contributed by atoms with E-state index in [1.54, 1.807) is 18.3 Å². The van der Waals surface area contributed by atoms with Crippen LogP contribution < -0.4 is 15.0 Å². The van der Waals surface area contributed by atoms with Crippen LogP contribution in [0, 0.1) is 0 Å². The van der Waals surface area contributed by atoms with Crippen molar-refractivity contribution < 1.29 is 14.3 Å². The average Bonchev–Trinajstić information content (AvgIpc) is 2.57. The first-order chi connectivity index (χ1) is 13.2. The van der Waals surface area contributed by atoms with Gasteiger partial charge >= 0.3 is 0 Å². The molecule has 0 atom stereocenters. The van der Waals surface area contributed by atoms with Gasteiger partial charge in [0.2, 0.25) is 3.79 Å². The van der Waals surface area contributed by atoms with Gasteiger partial charge in [-0.2, -0.15) is 0 Å². The van der Waals surface area contributed by atoms with Gasteiger partial charge < -0.3 is 9.47 Å². The number of benzene rings is 1. The maximum absolute atomic E-state index is 6.20. The second-order valence-electron chi connectivity index (χ2n) is 5.29. The Hall–Kier alpha value is 0.0900. The Morgan fingerprint density at radius 2 is 1.71 bits per heavy atom. The predicted octanol–water partition coefficient (Wildman–Crippen LogP) is 7.65. The summed E-state index contributed by atoms with van der Waals surface area (Å²) in [6.45, 7) is 0.612. The van der Waals surface area contributed by atoms with Crippen molar-refractivity contribution in [2.45, 2.75) is 23.1 Å². The molecule has 0 radical (unpaired) electrons. The number of hydrogen-bond donors (Lipinski definition) is 1. The highest BCUT2D eigenvalue weighted by Crippen LogP contribution is 2.37.